The Morgan fingerprint density at radius 3 is 2.33 bits per heavy atom. The van der Waals surface area contributed by atoms with E-state index in [4.69, 9.17) is 9.51 Å². The highest BCUT2D eigenvalue weighted by molar-refractivity contribution is 5.62. The van der Waals surface area contributed by atoms with Gasteiger partial charge >= 0.3 is 0 Å². The molecule has 6 rings (SSSR count). The lowest BCUT2D eigenvalue weighted by Gasteiger charge is -2.39. The van der Waals surface area contributed by atoms with E-state index in [1.165, 1.54) is 18.4 Å². The summed E-state index contributed by atoms with van der Waals surface area (Å²) in [6, 6.07) is 8.66. The fourth-order valence-electron chi connectivity index (χ4n) is 4.26. The van der Waals surface area contributed by atoms with Gasteiger partial charge in [0.1, 0.15) is 5.82 Å². The molecule has 0 bridgehead atoms. The molecule has 7 heteroatoms. The van der Waals surface area contributed by atoms with Gasteiger partial charge in [-0.3, -0.25) is 4.68 Å². The maximum absolute atomic E-state index is 5.57. The molecular formula is C23H22N6O. The van der Waals surface area contributed by atoms with Gasteiger partial charge in [-0.05, 0) is 36.8 Å². The molecular weight excluding hydrogens is 376 g/mol. The molecule has 30 heavy (non-hydrogen) atoms. The van der Waals surface area contributed by atoms with Crippen LogP contribution in [-0.2, 0) is 12.5 Å². The predicted octanol–water partition coefficient (Wildman–Crippen LogP) is 4.27. The fraction of sp³-hybridized carbons (Fsp3) is 0.348. The molecule has 2 saturated carbocycles. The number of nitrogens with zero attached hydrogens (tertiary/aromatic N) is 6. The minimum absolute atomic E-state index is 0.172. The molecule has 7 nitrogen and oxygen atoms in total. The molecule has 3 heterocycles. The summed E-state index contributed by atoms with van der Waals surface area (Å²) >= 11 is 0. The average Bonchev–Trinajstić information content (AvgIpc) is 3.33. The van der Waals surface area contributed by atoms with Crippen LogP contribution < -0.4 is 0 Å². The van der Waals surface area contributed by atoms with Gasteiger partial charge in [-0.2, -0.15) is 10.1 Å². The summed E-state index contributed by atoms with van der Waals surface area (Å²) in [6.45, 7) is 0. The first-order valence-electron chi connectivity index (χ1n) is 10.5. The van der Waals surface area contributed by atoms with Crippen LogP contribution in [0.5, 0.6) is 0 Å². The van der Waals surface area contributed by atoms with E-state index in [-0.39, 0.29) is 5.41 Å². The molecule has 0 spiro atoms. The van der Waals surface area contributed by atoms with Gasteiger partial charge < -0.3 is 4.52 Å². The summed E-state index contributed by atoms with van der Waals surface area (Å²) in [4.78, 5) is 13.8. The number of hydrogen-bond acceptors (Lipinski definition) is 6. The third kappa shape index (κ3) is 2.84. The van der Waals surface area contributed by atoms with Crippen molar-refractivity contribution >= 4 is 0 Å². The van der Waals surface area contributed by atoms with Gasteiger partial charge in [-0.15, -0.1) is 0 Å². The molecule has 150 valence electrons. The van der Waals surface area contributed by atoms with Gasteiger partial charge in [0.05, 0.1) is 17.2 Å². The Labute approximate surface area is 174 Å². The van der Waals surface area contributed by atoms with Crippen LogP contribution >= 0.6 is 0 Å². The Morgan fingerprint density at radius 1 is 0.967 bits per heavy atom. The Bertz CT molecular complexity index is 1180. The van der Waals surface area contributed by atoms with E-state index >= 15 is 0 Å². The average molecular weight is 398 g/mol. The molecule has 0 atom stereocenters. The SMILES string of the molecule is Cn1cc(-c2nc(C3(c4ccc(-c5cnc(C6CC6)nc5)cc4)CCC3)no2)cn1. The van der Waals surface area contributed by atoms with Crippen LogP contribution in [-0.4, -0.2) is 29.9 Å². The van der Waals surface area contributed by atoms with Crippen molar-refractivity contribution in [1.82, 2.24) is 29.9 Å². The second kappa shape index (κ2) is 6.58. The minimum Gasteiger partial charge on any atom is -0.334 e. The lowest BCUT2D eigenvalue weighted by atomic mass is 9.64. The highest BCUT2D eigenvalue weighted by Gasteiger charge is 2.44. The van der Waals surface area contributed by atoms with E-state index < -0.39 is 0 Å². The van der Waals surface area contributed by atoms with Crippen LogP contribution in [0.1, 0.15) is 55.2 Å². The second-order valence-corrected chi connectivity index (χ2v) is 8.44. The first-order valence-corrected chi connectivity index (χ1v) is 10.5. The summed E-state index contributed by atoms with van der Waals surface area (Å²) in [5, 5.41) is 8.53. The van der Waals surface area contributed by atoms with E-state index in [2.05, 4.69) is 44.5 Å². The third-order valence-corrected chi connectivity index (χ3v) is 6.40. The number of aromatic nitrogens is 6. The number of rotatable bonds is 5. The van der Waals surface area contributed by atoms with Crippen molar-refractivity contribution in [3.8, 4) is 22.6 Å². The summed E-state index contributed by atoms with van der Waals surface area (Å²) in [5.41, 5.74) is 4.07. The molecule has 0 N–H and O–H groups in total. The molecule has 2 aliphatic rings. The van der Waals surface area contributed by atoms with Gasteiger partial charge in [-0.25, -0.2) is 9.97 Å². The smallest absolute Gasteiger partial charge is 0.261 e. The second-order valence-electron chi connectivity index (χ2n) is 8.44. The molecule has 2 fully saturated rings. The van der Waals surface area contributed by atoms with Crippen LogP contribution in [0.2, 0.25) is 0 Å². The third-order valence-electron chi connectivity index (χ3n) is 6.40. The molecule has 0 radical (unpaired) electrons. The molecule has 0 amide bonds. The van der Waals surface area contributed by atoms with Gasteiger partial charge in [0, 0.05) is 37.1 Å². The minimum atomic E-state index is -0.172. The van der Waals surface area contributed by atoms with Gasteiger partial charge in [0.15, 0.2) is 5.82 Å². The number of aryl methyl sites for hydroxylation is 1. The van der Waals surface area contributed by atoms with Crippen molar-refractivity contribution < 1.29 is 4.52 Å². The Hall–Kier alpha value is -3.35. The molecule has 4 aromatic rings. The normalized spacial score (nSPS) is 17.6. The van der Waals surface area contributed by atoms with Gasteiger partial charge in [-0.1, -0.05) is 35.8 Å². The quantitative estimate of drug-likeness (QED) is 0.499. The standard InChI is InChI=1S/C23H22N6O/c1-29-14-18(13-26-29)21-27-22(28-30-21)23(9-2-10-23)19-7-5-15(6-8-19)17-11-24-20(25-12-17)16-3-4-16/h5-8,11-14,16H,2-4,9-10H2,1H3. The zero-order valence-corrected chi connectivity index (χ0v) is 16.8. The van der Waals surface area contributed by atoms with Crippen LogP contribution in [0.25, 0.3) is 22.6 Å². The number of benzene rings is 1. The van der Waals surface area contributed by atoms with Crippen molar-refractivity contribution in [2.24, 2.45) is 7.05 Å². The lowest BCUT2D eigenvalue weighted by molar-refractivity contribution is 0.273. The van der Waals surface area contributed by atoms with Crippen molar-refractivity contribution in [3.05, 3.63) is 66.3 Å². The monoisotopic (exact) mass is 398 g/mol. The van der Waals surface area contributed by atoms with E-state index in [9.17, 15) is 0 Å². The lowest BCUT2D eigenvalue weighted by Crippen LogP contribution is -2.36. The van der Waals surface area contributed by atoms with E-state index in [1.54, 1.807) is 10.9 Å². The largest absolute Gasteiger partial charge is 0.334 e. The molecule has 0 unspecified atom stereocenters. The number of hydrogen-bond donors (Lipinski definition) is 0. The zero-order valence-electron chi connectivity index (χ0n) is 16.8. The summed E-state index contributed by atoms with van der Waals surface area (Å²) < 4.78 is 7.30. The van der Waals surface area contributed by atoms with Gasteiger partial charge in [0.2, 0.25) is 0 Å². The molecule has 0 aliphatic heterocycles. The fourth-order valence-corrected chi connectivity index (χ4v) is 4.26. The van der Waals surface area contributed by atoms with Crippen LogP contribution in [0.15, 0.2) is 53.6 Å². The highest BCUT2D eigenvalue weighted by Crippen LogP contribution is 2.48. The Balaban J connectivity index is 1.29. The maximum atomic E-state index is 5.57. The first kappa shape index (κ1) is 17.5. The molecule has 0 saturated heterocycles. The summed E-state index contributed by atoms with van der Waals surface area (Å²) in [5.74, 6) is 2.84. The van der Waals surface area contributed by atoms with Crippen molar-refractivity contribution in [3.63, 3.8) is 0 Å². The molecule has 2 aliphatic carbocycles. The first-order chi connectivity index (χ1) is 14.7. The Morgan fingerprint density at radius 2 is 1.73 bits per heavy atom. The van der Waals surface area contributed by atoms with Crippen LogP contribution in [0, 0.1) is 0 Å². The van der Waals surface area contributed by atoms with E-state index in [1.807, 2.05) is 25.6 Å². The van der Waals surface area contributed by atoms with E-state index in [0.717, 1.165) is 47.6 Å². The van der Waals surface area contributed by atoms with Crippen LogP contribution in [0.3, 0.4) is 0 Å². The van der Waals surface area contributed by atoms with Crippen molar-refractivity contribution in [2.75, 3.05) is 0 Å². The van der Waals surface area contributed by atoms with Crippen molar-refractivity contribution in [2.45, 2.75) is 43.4 Å². The summed E-state index contributed by atoms with van der Waals surface area (Å²) in [6.07, 6.45) is 13.2. The van der Waals surface area contributed by atoms with Crippen LogP contribution in [0.4, 0.5) is 0 Å². The zero-order chi connectivity index (χ0) is 20.1. The maximum Gasteiger partial charge on any atom is 0.261 e. The topological polar surface area (TPSA) is 82.5 Å². The molecule has 3 aromatic heterocycles. The Kier molecular flexibility index (Phi) is 3.84. The predicted molar refractivity (Wildman–Crippen MR) is 111 cm³/mol. The molecule has 1 aromatic carbocycles. The van der Waals surface area contributed by atoms with Crippen molar-refractivity contribution in [1.29, 1.82) is 0 Å². The van der Waals surface area contributed by atoms with Gasteiger partial charge in [0.25, 0.3) is 5.89 Å². The summed E-state index contributed by atoms with van der Waals surface area (Å²) in [7, 11) is 1.88. The van der Waals surface area contributed by atoms with E-state index in [0.29, 0.717) is 11.8 Å². The highest BCUT2D eigenvalue weighted by atomic mass is 16.5.